The average molecular weight is 269 g/mol. The van der Waals surface area contributed by atoms with Gasteiger partial charge in [0, 0.05) is 12.1 Å². The molecule has 1 unspecified atom stereocenters. The molecule has 0 aliphatic rings. The maximum absolute atomic E-state index is 5.41. The number of para-hydroxylation sites is 1. The average Bonchev–Trinajstić information content (AvgIpc) is 2.48. The van der Waals surface area contributed by atoms with Crippen LogP contribution in [0.1, 0.15) is 31.0 Å². The van der Waals surface area contributed by atoms with Crippen molar-refractivity contribution in [3.05, 3.63) is 65.7 Å². The largest absolute Gasteiger partial charge is 0.496 e. The predicted molar refractivity (Wildman–Crippen MR) is 84.2 cm³/mol. The van der Waals surface area contributed by atoms with Crippen LogP contribution in [-0.2, 0) is 6.42 Å². The van der Waals surface area contributed by atoms with Gasteiger partial charge in [-0.2, -0.15) is 0 Å². The van der Waals surface area contributed by atoms with Crippen LogP contribution in [0.5, 0.6) is 5.75 Å². The lowest BCUT2D eigenvalue weighted by molar-refractivity contribution is 0.403. The fourth-order valence-electron chi connectivity index (χ4n) is 2.53. The minimum Gasteiger partial charge on any atom is -0.496 e. The van der Waals surface area contributed by atoms with Crippen molar-refractivity contribution >= 4 is 0 Å². The van der Waals surface area contributed by atoms with Gasteiger partial charge < -0.3 is 10.1 Å². The van der Waals surface area contributed by atoms with Gasteiger partial charge in [0.15, 0.2) is 0 Å². The maximum Gasteiger partial charge on any atom is 0.122 e. The molecule has 2 heteroatoms. The Morgan fingerprint density at radius 3 is 2.30 bits per heavy atom. The monoisotopic (exact) mass is 269 g/mol. The van der Waals surface area contributed by atoms with Gasteiger partial charge in [0.1, 0.15) is 5.75 Å². The first kappa shape index (κ1) is 14.6. The summed E-state index contributed by atoms with van der Waals surface area (Å²) in [5.74, 6) is 0.966. The van der Waals surface area contributed by atoms with Crippen LogP contribution in [0.25, 0.3) is 0 Å². The number of hydrogen-bond donors (Lipinski definition) is 1. The molecule has 0 heterocycles. The summed E-state index contributed by atoms with van der Waals surface area (Å²) in [5, 5.41) is 3.64. The first-order valence-corrected chi connectivity index (χ1v) is 7.13. The van der Waals surface area contributed by atoms with Gasteiger partial charge in [0.2, 0.25) is 0 Å². The molecule has 2 aromatic rings. The first-order chi connectivity index (χ1) is 9.70. The first-order valence-electron chi connectivity index (χ1n) is 7.13. The molecule has 2 aromatic carbocycles. The second kappa shape index (κ2) is 7.11. The summed E-state index contributed by atoms with van der Waals surface area (Å²) in [6.07, 6.45) is 0.960. The van der Waals surface area contributed by atoms with Crippen molar-refractivity contribution in [1.82, 2.24) is 5.32 Å². The van der Waals surface area contributed by atoms with Crippen molar-refractivity contribution in [2.24, 2.45) is 0 Å². The van der Waals surface area contributed by atoms with E-state index in [0.29, 0.717) is 12.1 Å². The Labute approximate surface area is 121 Å². The molecule has 0 amide bonds. The smallest absolute Gasteiger partial charge is 0.122 e. The lowest BCUT2D eigenvalue weighted by Crippen LogP contribution is -2.30. The zero-order valence-corrected chi connectivity index (χ0v) is 12.5. The lowest BCUT2D eigenvalue weighted by Gasteiger charge is -2.21. The van der Waals surface area contributed by atoms with Gasteiger partial charge in [0.05, 0.1) is 7.11 Å². The minimum absolute atomic E-state index is 0.348. The van der Waals surface area contributed by atoms with Crippen LogP contribution in [0.15, 0.2) is 54.6 Å². The highest BCUT2D eigenvalue weighted by Gasteiger charge is 2.11. The summed E-state index contributed by atoms with van der Waals surface area (Å²) in [6.45, 7) is 4.42. The van der Waals surface area contributed by atoms with Gasteiger partial charge in [-0.15, -0.1) is 0 Å². The highest BCUT2D eigenvalue weighted by Crippen LogP contribution is 2.20. The Hall–Kier alpha value is -1.80. The Bertz CT molecular complexity index is 524. The van der Waals surface area contributed by atoms with E-state index < -0.39 is 0 Å². The molecule has 0 saturated carbocycles. The molecule has 0 saturated heterocycles. The molecule has 0 aliphatic carbocycles. The van der Waals surface area contributed by atoms with Gasteiger partial charge in [-0.05, 0) is 37.5 Å². The minimum atomic E-state index is 0.348. The molecule has 20 heavy (non-hydrogen) atoms. The van der Waals surface area contributed by atoms with E-state index in [4.69, 9.17) is 4.74 Å². The number of benzene rings is 2. The van der Waals surface area contributed by atoms with Crippen LogP contribution >= 0.6 is 0 Å². The quantitative estimate of drug-likeness (QED) is 0.856. The topological polar surface area (TPSA) is 21.3 Å². The second-order valence-corrected chi connectivity index (χ2v) is 5.22. The summed E-state index contributed by atoms with van der Waals surface area (Å²) >= 11 is 0. The van der Waals surface area contributed by atoms with Gasteiger partial charge in [-0.25, -0.2) is 0 Å². The summed E-state index contributed by atoms with van der Waals surface area (Å²) in [7, 11) is 1.73. The molecule has 0 aliphatic heterocycles. The van der Waals surface area contributed by atoms with E-state index in [-0.39, 0.29) is 0 Å². The fraction of sp³-hybridized carbons (Fsp3) is 0.333. The molecule has 2 atom stereocenters. The fourth-order valence-corrected chi connectivity index (χ4v) is 2.53. The number of rotatable bonds is 6. The van der Waals surface area contributed by atoms with Crippen molar-refractivity contribution in [1.29, 1.82) is 0 Å². The SMILES string of the molecule is COc1ccccc1CC(C)N[C@H](C)c1ccccc1. The molecule has 1 N–H and O–H groups in total. The third kappa shape index (κ3) is 3.84. The predicted octanol–water partition coefficient (Wildman–Crippen LogP) is 3.98. The van der Waals surface area contributed by atoms with Gasteiger partial charge >= 0.3 is 0 Å². The van der Waals surface area contributed by atoms with Crippen LogP contribution in [0.3, 0.4) is 0 Å². The van der Waals surface area contributed by atoms with Crippen LogP contribution in [0, 0.1) is 0 Å². The zero-order chi connectivity index (χ0) is 14.4. The van der Waals surface area contributed by atoms with Gasteiger partial charge in [-0.1, -0.05) is 48.5 Å². The molecule has 2 nitrogen and oxygen atoms in total. The molecule has 0 spiro atoms. The number of methoxy groups -OCH3 is 1. The summed E-state index contributed by atoms with van der Waals surface area (Å²) in [5.41, 5.74) is 2.56. The summed E-state index contributed by atoms with van der Waals surface area (Å²) < 4.78 is 5.41. The summed E-state index contributed by atoms with van der Waals surface area (Å²) in [6, 6.07) is 19.5. The molecule has 0 aromatic heterocycles. The second-order valence-electron chi connectivity index (χ2n) is 5.22. The molecule has 0 radical (unpaired) electrons. The van der Waals surface area contributed by atoms with Crippen LogP contribution in [0.4, 0.5) is 0 Å². The number of hydrogen-bond acceptors (Lipinski definition) is 2. The highest BCUT2D eigenvalue weighted by molar-refractivity contribution is 5.33. The van der Waals surface area contributed by atoms with Gasteiger partial charge in [-0.3, -0.25) is 0 Å². The normalized spacial score (nSPS) is 13.8. The van der Waals surface area contributed by atoms with E-state index in [1.807, 2.05) is 12.1 Å². The van der Waals surface area contributed by atoms with E-state index in [9.17, 15) is 0 Å². The molecule has 2 rings (SSSR count). The molecular formula is C18H23NO. The molecule has 0 fully saturated rings. The standard InChI is InChI=1S/C18H23NO/c1-14(13-17-11-7-8-12-18(17)20-3)19-15(2)16-9-5-4-6-10-16/h4-12,14-15,19H,13H2,1-3H3/t14?,15-/m1/s1. The Morgan fingerprint density at radius 1 is 0.950 bits per heavy atom. The Morgan fingerprint density at radius 2 is 1.60 bits per heavy atom. The molecule has 0 bridgehead atoms. The van der Waals surface area contributed by atoms with Gasteiger partial charge in [0.25, 0.3) is 0 Å². The van der Waals surface area contributed by atoms with Crippen molar-refractivity contribution in [3.8, 4) is 5.75 Å². The van der Waals surface area contributed by atoms with Crippen molar-refractivity contribution < 1.29 is 4.74 Å². The van der Waals surface area contributed by atoms with Crippen LogP contribution in [0.2, 0.25) is 0 Å². The molecule has 106 valence electrons. The Kier molecular flexibility index (Phi) is 5.19. The number of ether oxygens (including phenoxy) is 1. The van der Waals surface area contributed by atoms with Crippen molar-refractivity contribution in [2.45, 2.75) is 32.4 Å². The third-order valence-electron chi connectivity index (χ3n) is 3.55. The van der Waals surface area contributed by atoms with E-state index in [2.05, 4.69) is 61.6 Å². The number of nitrogens with one attached hydrogen (secondary N) is 1. The summed E-state index contributed by atoms with van der Waals surface area (Å²) in [4.78, 5) is 0. The molecular weight excluding hydrogens is 246 g/mol. The lowest BCUT2D eigenvalue weighted by atomic mass is 10.0. The van der Waals surface area contributed by atoms with Crippen molar-refractivity contribution in [2.75, 3.05) is 7.11 Å². The van der Waals surface area contributed by atoms with E-state index in [1.54, 1.807) is 7.11 Å². The van der Waals surface area contributed by atoms with Crippen LogP contribution in [-0.4, -0.2) is 13.2 Å². The van der Waals surface area contributed by atoms with E-state index >= 15 is 0 Å². The zero-order valence-electron chi connectivity index (χ0n) is 12.5. The van der Waals surface area contributed by atoms with E-state index in [1.165, 1.54) is 11.1 Å². The van der Waals surface area contributed by atoms with Crippen molar-refractivity contribution in [3.63, 3.8) is 0 Å². The third-order valence-corrected chi connectivity index (χ3v) is 3.55. The maximum atomic E-state index is 5.41. The highest BCUT2D eigenvalue weighted by atomic mass is 16.5. The van der Waals surface area contributed by atoms with E-state index in [0.717, 1.165) is 12.2 Å². The van der Waals surface area contributed by atoms with Crippen LogP contribution < -0.4 is 10.1 Å². The Balaban J connectivity index is 1.97.